The lowest BCUT2D eigenvalue weighted by molar-refractivity contribution is -0.391. The van der Waals surface area contributed by atoms with E-state index in [0.29, 0.717) is 6.07 Å². The SMILES string of the molecule is O=[N+]([O-])c1nc(OC(F)(F)F)c(C(F)F)cc1CO. The van der Waals surface area contributed by atoms with Crippen LogP contribution in [-0.2, 0) is 6.61 Å². The van der Waals surface area contributed by atoms with Crippen LogP contribution in [0.5, 0.6) is 5.88 Å². The third-order valence-corrected chi connectivity index (χ3v) is 1.86. The van der Waals surface area contributed by atoms with Crippen molar-refractivity contribution in [3.05, 3.63) is 27.3 Å². The van der Waals surface area contributed by atoms with Gasteiger partial charge in [0.15, 0.2) is 0 Å². The second-order valence-electron chi connectivity index (χ2n) is 3.13. The van der Waals surface area contributed by atoms with E-state index in [1.54, 1.807) is 0 Å². The summed E-state index contributed by atoms with van der Waals surface area (Å²) in [7, 11) is 0. The Kier molecular flexibility index (Phi) is 4.19. The fraction of sp³-hybridized carbons (Fsp3) is 0.375. The van der Waals surface area contributed by atoms with Crippen LogP contribution >= 0.6 is 0 Å². The third kappa shape index (κ3) is 3.71. The Labute approximate surface area is 101 Å². The quantitative estimate of drug-likeness (QED) is 0.522. The zero-order valence-electron chi connectivity index (χ0n) is 8.82. The van der Waals surface area contributed by atoms with Crippen molar-refractivity contribution in [3.63, 3.8) is 0 Å². The van der Waals surface area contributed by atoms with E-state index < -0.39 is 47.1 Å². The van der Waals surface area contributed by atoms with E-state index in [9.17, 15) is 32.1 Å². The average molecular weight is 288 g/mol. The highest BCUT2D eigenvalue weighted by Crippen LogP contribution is 2.34. The Morgan fingerprint density at radius 3 is 2.42 bits per heavy atom. The molecule has 19 heavy (non-hydrogen) atoms. The minimum Gasteiger partial charge on any atom is -0.391 e. The first-order valence-electron chi connectivity index (χ1n) is 4.48. The molecule has 0 fully saturated rings. The van der Waals surface area contributed by atoms with Crippen molar-refractivity contribution in [1.82, 2.24) is 4.98 Å². The summed E-state index contributed by atoms with van der Waals surface area (Å²) in [5.41, 5.74) is -1.94. The number of hydrogen-bond acceptors (Lipinski definition) is 5. The monoisotopic (exact) mass is 288 g/mol. The molecule has 1 aromatic heterocycles. The lowest BCUT2D eigenvalue weighted by Gasteiger charge is -2.10. The first-order chi connectivity index (χ1) is 8.65. The lowest BCUT2D eigenvalue weighted by Crippen LogP contribution is -2.20. The molecule has 0 aliphatic rings. The van der Waals surface area contributed by atoms with Crippen LogP contribution in [-0.4, -0.2) is 21.4 Å². The molecular weight excluding hydrogens is 283 g/mol. The van der Waals surface area contributed by atoms with E-state index in [2.05, 4.69) is 9.72 Å². The number of ether oxygens (including phenoxy) is 1. The van der Waals surface area contributed by atoms with Crippen LogP contribution in [0.4, 0.5) is 27.8 Å². The maximum Gasteiger partial charge on any atom is 0.575 e. The average Bonchev–Trinajstić information content (AvgIpc) is 2.25. The van der Waals surface area contributed by atoms with Gasteiger partial charge in [0.2, 0.25) is 0 Å². The summed E-state index contributed by atoms with van der Waals surface area (Å²) < 4.78 is 64.2. The molecule has 0 radical (unpaired) electrons. The molecule has 0 unspecified atom stereocenters. The minimum absolute atomic E-state index is 0.344. The van der Waals surface area contributed by atoms with Gasteiger partial charge in [0.1, 0.15) is 5.56 Å². The first-order valence-corrected chi connectivity index (χ1v) is 4.48. The molecule has 0 aromatic carbocycles. The molecule has 1 N–H and O–H groups in total. The van der Waals surface area contributed by atoms with Crippen LogP contribution in [0.3, 0.4) is 0 Å². The lowest BCUT2D eigenvalue weighted by atomic mass is 10.2. The molecule has 1 aromatic rings. The predicted molar refractivity (Wildman–Crippen MR) is 48.5 cm³/mol. The molecule has 0 spiro atoms. The summed E-state index contributed by atoms with van der Waals surface area (Å²) in [6.07, 6.45) is -8.73. The topological polar surface area (TPSA) is 85.5 Å². The van der Waals surface area contributed by atoms with Gasteiger partial charge in [-0.3, -0.25) is 0 Å². The third-order valence-electron chi connectivity index (χ3n) is 1.86. The predicted octanol–water partition coefficient (Wildman–Crippen LogP) is 2.32. The normalized spacial score (nSPS) is 11.7. The number of nitro groups is 1. The van der Waals surface area contributed by atoms with Gasteiger partial charge in [-0.2, -0.15) is 0 Å². The highest BCUT2D eigenvalue weighted by atomic mass is 19.4. The fourth-order valence-corrected chi connectivity index (χ4v) is 1.17. The molecule has 0 aliphatic heterocycles. The molecule has 1 rings (SSSR count). The highest BCUT2D eigenvalue weighted by molar-refractivity contribution is 5.42. The number of aromatic nitrogens is 1. The Balaban J connectivity index is 3.41. The largest absolute Gasteiger partial charge is 0.575 e. The number of hydrogen-bond donors (Lipinski definition) is 1. The Morgan fingerprint density at radius 2 is 2.05 bits per heavy atom. The van der Waals surface area contributed by atoms with Gasteiger partial charge in [-0.1, -0.05) is 0 Å². The van der Waals surface area contributed by atoms with E-state index >= 15 is 0 Å². The van der Waals surface area contributed by atoms with Crippen LogP contribution in [0.15, 0.2) is 6.07 Å². The molecule has 6 nitrogen and oxygen atoms in total. The van der Waals surface area contributed by atoms with Gasteiger partial charge in [0.05, 0.1) is 12.2 Å². The van der Waals surface area contributed by atoms with Crippen molar-refractivity contribution in [2.45, 2.75) is 19.4 Å². The van der Waals surface area contributed by atoms with Crippen LogP contribution < -0.4 is 4.74 Å². The summed E-state index contributed by atoms with van der Waals surface area (Å²) in [5, 5.41) is 19.2. The van der Waals surface area contributed by atoms with Crippen molar-refractivity contribution in [2.75, 3.05) is 0 Å². The van der Waals surface area contributed by atoms with Gasteiger partial charge < -0.3 is 20.0 Å². The number of aliphatic hydroxyl groups is 1. The van der Waals surface area contributed by atoms with Gasteiger partial charge in [0, 0.05) is 4.98 Å². The van der Waals surface area contributed by atoms with Crippen LogP contribution in [0, 0.1) is 10.1 Å². The molecule has 0 aliphatic carbocycles. The van der Waals surface area contributed by atoms with E-state index in [1.807, 2.05) is 0 Å². The molecule has 0 bridgehead atoms. The maximum atomic E-state index is 12.5. The number of alkyl halides is 5. The number of halogens is 5. The number of rotatable bonds is 4. The molecular formula is C8H5F5N2O4. The van der Waals surface area contributed by atoms with Gasteiger partial charge >= 0.3 is 18.1 Å². The molecule has 0 amide bonds. The maximum absolute atomic E-state index is 12.5. The highest BCUT2D eigenvalue weighted by Gasteiger charge is 2.38. The number of pyridine rings is 1. The van der Waals surface area contributed by atoms with Crippen molar-refractivity contribution in [1.29, 1.82) is 0 Å². The van der Waals surface area contributed by atoms with Crippen molar-refractivity contribution >= 4 is 5.82 Å². The first kappa shape index (κ1) is 15.0. The van der Waals surface area contributed by atoms with E-state index in [1.165, 1.54) is 0 Å². The van der Waals surface area contributed by atoms with Crippen LogP contribution in [0.2, 0.25) is 0 Å². The molecule has 0 atom stereocenters. The fourth-order valence-electron chi connectivity index (χ4n) is 1.17. The van der Waals surface area contributed by atoms with Crippen molar-refractivity contribution < 1.29 is 36.7 Å². The summed E-state index contributed by atoms with van der Waals surface area (Å²) in [6, 6.07) is 0.344. The van der Waals surface area contributed by atoms with Gasteiger partial charge in [0.25, 0.3) is 6.43 Å². The molecule has 0 saturated heterocycles. The summed E-state index contributed by atoms with van der Waals surface area (Å²) in [4.78, 5) is 12.0. The van der Waals surface area contributed by atoms with Gasteiger partial charge in [-0.25, -0.2) is 8.78 Å². The zero-order chi connectivity index (χ0) is 14.8. The smallest absolute Gasteiger partial charge is 0.391 e. The molecule has 106 valence electrons. The summed E-state index contributed by atoms with van der Waals surface area (Å²) >= 11 is 0. The van der Waals surface area contributed by atoms with Crippen LogP contribution in [0.25, 0.3) is 0 Å². The molecule has 0 saturated carbocycles. The zero-order valence-corrected chi connectivity index (χ0v) is 8.82. The van der Waals surface area contributed by atoms with E-state index in [0.717, 1.165) is 0 Å². The van der Waals surface area contributed by atoms with E-state index in [4.69, 9.17) is 5.11 Å². The minimum atomic E-state index is -5.33. The number of nitrogens with zero attached hydrogens (tertiary/aromatic N) is 2. The van der Waals surface area contributed by atoms with Crippen molar-refractivity contribution in [3.8, 4) is 5.88 Å². The second-order valence-corrected chi connectivity index (χ2v) is 3.13. The molecule has 1 heterocycles. The molecule has 11 heteroatoms. The Morgan fingerprint density at radius 1 is 1.47 bits per heavy atom. The Hall–Kier alpha value is -2.04. The second kappa shape index (κ2) is 5.30. The van der Waals surface area contributed by atoms with Crippen molar-refractivity contribution in [2.24, 2.45) is 0 Å². The number of aliphatic hydroxyl groups excluding tert-OH is 1. The summed E-state index contributed by atoms with van der Waals surface area (Å²) in [5.74, 6) is -2.81. The summed E-state index contributed by atoms with van der Waals surface area (Å²) in [6.45, 7) is -1.03. The Bertz CT molecular complexity index is 491. The van der Waals surface area contributed by atoms with E-state index in [-0.39, 0.29) is 0 Å². The van der Waals surface area contributed by atoms with Gasteiger partial charge in [-0.15, -0.1) is 13.2 Å². The van der Waals surface area contributed by atoms with Gasteiger partial charge in [-0.05, 0) is 11.0 Å². The van der Waals surface area contributed by atoms with Crippen LogP contribution in [0.1, 0.15) is 17.6 Å². The standard InChI is InChI=1S/C8H5F5N2O4/c9-5(10)4-1-3(2-16)6(15(17)18)14-7(4)19-8(11,12)13/h1,5,16H,2H2.